The molecule has 0 aliphatic rings. The fourth-order valence-corrected chi connectivity index (χ4v) is 1.48. The largest absolute Gasteiger partial charge is 0.469 e. The maximum Gasteiger partial charge on any atom is 0.305 e. The third-order valence-corrected chi connectivity index (χ3v) is 2.51. The van der Waals surface area contributed by atoms with Gasteiger partial charge in [0.15, 0.2) is 0 Å². The van der Waals surface area contributed by atoms with Crippen molar-refractivity contribution in [2.75, 3.05) is 7.11 Å². The molecule has 0 aromatic heterocycles. The first-order chi connectivity index (χ1) is 7.26. The molecule has 0 saturated heterocycles. The summed E-state index contributed by atoms with van der Waals surface area (Å²) in [6.07, 6.45) is 3.38. The van der Waals surface area contributed by atoms with Gasteiger partial charge in [-0.15, -0.1) is 0 Å². The Morgan fingerprint density at radius 2 is 1.80 bits per heavy atom. The van der Waals surface area contributed by atoms with Crippen LogP contribution in [0, 0.1) is 0 Å². The average Bonchev–Trinajstić information content (AvgIpc) is 2.29. The number of ether oxygens (including phenoxy) is 1. The molecule has 0 aliphatic carbocycles. The molecule has 0 spiro atoms. The molecule has 0 radical (unpaired) electrons. The van der Waals surface area contributed by atoms with E-state index < -0.39 is 0 Å². The van der Waals surface area contributed by atoms with E-state index in [1.54, 1.807) is 0 Å². The summed E-state index contributed by atoms with van der Waals surface area (Å²) in [5, 5.41) is 0. The molecular formula is C13H18O2. The predicted molar refractivity (Wildman–Crippen MR) is 60.8 cm³/mol. The molecule has 1 rings (SSSR count). The van der Waals surface area contributed by atoms with Crippen molar-refractivity contribution in [3.8, 4) is 0 Å². The van der Waals surface area contributed by atoms with E-state index >= 15 is 0 Å². The normalized spacial score (nSPS) is 10.0. The second kappa shape index (κ2) is 6.23. The van der Waals surface area contributed by atoms with Crippen molar-refractivity contribution in [2.45, 2.75) is 32.6 Å². The lowest BCUT2D eigenvalue weighted by molar-refractivity contribution is -0.140. The van der Waals surface area contributed by atoms with Crippen molar-refractivity contribution in [1.82, 2.24) is 0 Å². The average molecular weight is 206 g/mol. The molecular weight excluding hydrogens is 188 g/mol. The zero-order valence-electron chi connectivity index (χ0n) is 9.45. The summed E-state index contributed by atoms with van der Waals surface area (Å²) in [6, 6.07) is 8.56. The number of carbonyl (C=O) groups is 1. The summed E-state index contributed by atoms with van der Waals surface area (Å²) >= 11 is 0. The maximum absolute atomic E-state index is 10.9. The lowest BCUT2D eigenvalue weighted by atomic mass is 10.1. The Hall–Kier alpha value is -1.31. The molecule has 15 heavy (non-hydrogen) atoms. The first-order valence-corrected chi connectivity index (χ1v) is 5.41. The van der Waals surface area contributed by atoms with Gasteiger partial charge in [-0.3, -0.25) is 4.79 Å². The number of rotatable bonds is 5. The summed E-state index contributed by atoms with van der Waals surface area (Å²) in [5.74, 6) is -0.125. The summed E-state index contributed by atoms with van der Waals surface area (Å²) in [4.78, 5) is 10.9. The van der Waals surface area contributed by atoms with Gasteiger partial charge in [-0.05, 0) is 30.4 Å². The van der Waals surface area contributed by atoms with Gasteiger partial charge in [0.1, 0.15) is 0 Å². The van der Waals surface area contributed by atoms with E-state index in [0.717, 1.165) is 19.3 Å². The van der Waals surface area contributed by atoms with E-state index in [2.05, 4.69) is 35.9 Å². The molecule has 2 heteroatoms. The Morgan fingerprint density at radius 1 is 1.20 bits per heavy atom. The van der Waals surface area contributed by atoms with Gasteiger partial charge in [0.25, 0.3) is 0 Å². The summed E-state index contributed by atoms with van der Waals surface area (Å²) in [5.41, 5.74) is 2.64. The molecule has 0 unspecified atom stereocenters. The molecule has 0 fully saturated rings. The van der Waals surface area contributed by atoms with Crippen molar-refractivity contribution in [3.05, 3.63) is 35.4 Å². The fourth-order valence-electron chi connectivity index (χ4n) is 1.48. The number of carbonyl (C=O) groups excluding carboxylic acids is 1. The second-order valence-corrected chi connectivity index (χ2v) is 3.60. The summed E-state index contributed by atoms with van der Waals surface area (Å²) in [7, 11) is 1.43. The SMILES string of the molecule is CCc1ccc(CCCC(=O)OC)cc1. The number of hydrogen-bond donors (Lipinski definition) is 0. The second-order valence-electron chi connectivity index (χ2n) is 3.60. The van der Waals surface area contributed by atoms with Crippen LogP contribution in [0.1, 0.15) is 30.9 Å². The Balaban J connectivity index is 2.34. The van der Waals surface area contributed by atoms with Crippen molar-refractivity contribution >= 4 is 5.97 Å². The molecule has 0 amide bonds. The van der Waals surface area contributed by atoms with E-state index in [1.807, 2.05) is 0 Å². The highest BCUT2D eigenvalue weighted by molar-refractivity contribution is 5.69. The van der Waals surface area contributed by atoms with Crippen molar-refractivity contribution in [3.63, 3.8) is 0 Å². The van der Waals surface area contributed by atoms with Crippen LogP contribution >= 0.6 is 0 Å². The van der Waals surface area contributed by atoms with Crippen LogP contribution in [0.2, 0.25) is 0 Å². The number of esters is 1. The maximum atomic E-state index is 10.9. The molecule has 0 bridgehead atoms. The lowest BCUT2D eigenvalue weighted by Crippen LogP contribution is -2.00. The van der Waals surface area contributed by atoms with Crippen molar-refractivity contribution < 1.29 is 9.53 Å². The zero-order valence-corrected chi connectivity index (χ0v) is 9.45. The van der Waals surface area contributed by atoms with Crippen LogP contribution in [-0.2, 0) is 22.4 Å². The predicted octanol–water partition coefficient (Wildman–Crippen LogP) is 2.74. The molecule has 0 N–H and O–H groups in total. The third-order valence-electron chi connectivity index (χ3n) is 2.51. The van der Waals surface area contributed by atoms with Crippen LogP contribution < -0.4 is 0 Å². The van der Waals surface area contributed by atoms with Gasteiger partial charge in [-0.2, -0.15) is 0 Å². The van der Waals surface area contributed by atoms with Crippen LogP contribution in [0.3, 0.4) is 0 Å². The molecule has 0 aliphatic heterocycles. The minimum atomic E-state index is -0.125. The summed E-state index contributed by atoms with van der Waals surface area (Å²) in [6.45, 7) is 2.15. The van der Waals surface area contributed by atoms with Gasteiger partial charge in [0.2, 0.25) is 0 Å². The molecule has 0 atom stereocenters. The van der Waals surface area contributed by atoms with E-state index in [0.29, 0.717) is 6.42 Å². The van der Waals surface area contributed by atoms with E-state index in [1.165, 1.54) is 18.2 Å². The van der Waals surface area contributed by atoms with Gasteiger partial charge in [0.05, 0.1) is 7.11 Å². The molecule has 1 aromatic carbocycles. The van der Waals surface area contributed by atoms with E-state index in [9.17, 15) is 4.79 Å². The van der Waals surface area contributed by atoms with Gasteiger partial charge >= 0.3 is 5.97 Å². The van der Waals surface area contributed by atoms with Crippen LogP contribution in [0.25, 0.3) is 0 Å². The topological polar surface area (TPSA) is 26.3 Å². The number of methoxy groups -OCH3 is 1. The lowest BCUT2D eigenvalue weighted by Gasteiger charge is -2.02. The summed E-state index contributed by atoms with van der Waals surface area (Å²) < 4.78 is 4.59. The first-order valence-electron chi connectivity index (χ1n) is 5.41. The van der Waals surface area contributed by atoms with E-state index in [-0.39, 0.29) is 5.97 Å². The molecule has 1 aromatic rings. The van der Waals surface area contributed by atoms with Gasteiger partial charge < -0.3 is 4.74 Å². The van der Waals surface area contributed by atoms with Crippen molar-refractivity contribution in [1.29, 1.82) is 0 Å². The Morgan fingerprint density at radius 3 is 2.33 bits per heavy atom. The number of benzene rings is 1. The smallest absolute Gasteiger partial charge is 0.305 e. The van der Waals surface area contributed by atoms with Crippen LogP contribution in [0.4, 0.5) is 0 Å². The van der Waals surface area contributed by atoms with Crippen LogP contribution in [0.15, 0.2) is 24.3 Å². The van der Waals surface area contributed by atoms with Crippen molar-refractivity contribution in [2.24, 2.45) is 0 Å². The highest BCUT2D eigenvalue weighted by Crippen LogP contribution is 2.08. The third kappa shape index (κ3) is 4.15. The van der Waals surface area contributed by atoms with Gasteiger partial charge in [-0.25, -0.2) is 0 Å². The van der Waals surface area contributed by atoms with E-state index in [4.69, 9.17) is 0 Å². The highest BCUT2D eigenvalue weighted by atomic mass is 16.5. The first kappa shape index (κ1) is 11.8. The molecule has 0 heterocycles. The van der Waals surface area contributed by atoms with Crippen LogP contribution in [-0.4, -0.2) is 13.1 Å². The Bertz CT molecular complexity index is 301. The van der Waals surface area contributed by atoms with Crippen LogP contribution in [0.5, 0.6) is 0 Å². The van der Waals surface area contributed by atoms with Gasteiger partial charge in [-0.1, -0.05) is 31.2 Å². The highest BCUT2D eigenvalue weighted by Gasteiger charge is 2.00. The quantitative estimate of drug-likeness (QED) is 0.692. The molecule has 2 nitrogen and oxygen atoms in total. The Kier molecular flexibility index (Phi) is 4.88. The zero-order chi connectivity index (χ0) is 11.1. The van der Waals surface area contributed by atoms with Gasteiger partial charge in [0, 0.05) is 6.42 Å². The Labute approximate surface area is 91.3 Å². The molecule has 0 saturated carbocycles. The number of aryl methyl sites for hydroxylation is 2. The minimum absolute atomic E-state index is 0.125. The fraction of sp³-hybridized carbons (Fsp3) is 0.462. The minimum Gasteiger partial charge on any atom is -0.469 e. The monoisotopic (exact) mass is 206 g/mol. The molecule has 82 valence electrons. The number of hydrogen-bond acceptors (Lipinski definition) is 2. The standard InChI is InChI=1S/C13H18O2/c1-3-11-7-9-12(10-8-11)5-4-6-13(14)15-2/h7-10H,3-6H2,1-2H3.